The van der Waals surface area contributed by atoms with E-state index in [4.69, 9.17) is 10.2 Å². The summed E-state index contributed by atoms with van der Waals surface area (Å²) in [6, 6.07) is 9.07. The molecule has 0 saturated carbocycles. The van der Waals surface area contributed by atoms with Gasteiger partial charge in [0.1, 0.15) is 0 Å². The second-order valence-electron chi connectivity index (χ2n) is 3.29. The van der Waals surface area contributed by atoms with E-state index in [0.29, 0.717) is 0 Å². The minimum atomic E-state index is -1.08. The van der Waals surface area contributed by atoms with Crippen LogP contribution in [0.1, 0.15) is 12.0 Å². The van der Waals surface area contributed by atoms with Crippen molar-refractivity contribution >= 4 is 11.9 Å². The molecule has 0 heterocycles. The van der Waals surface area contributed by atoms with Gasteiger partial charge in [-0.05, 0) is 5.56 Å². The number of hydrogen-bond acceptors (Lipinski definition) is 2. The van der Waals surface area contributed by atoms with Crippen molar-refractivity contribution < 1.29 is 19.8 Å². The van der Waals surface area contributed by atoms with Gasteiger partial charge in [-0.1, -0.05) is 36.4 Å². The molecule has 4 heteroatoms. The van der Waals surface area contributed by atoms with Crippen molar-refractivity contribution in [2.45, 2.75) is 12.8 Å². The number of carboxylic acid groups (broad SMARTS) is 2. The lowest BCUT2D eigenvalue weighted by atomic mass is 10.0. The fourth-order valence-corrected chi connectivity index (χ4v) is 1.26. The van der Waals surface area contributed by atoms with E-state index in [2.05, 4.69) is 0 Å². The summed E-state index contributed by atoms with van der Waals surface area (Å²) in [6.45, 7) is 0. The Morgan fingerprint density at radius 3 is 2.25 bits per heavy atom. The third-order valence-corrected chi connectivity index (χ3v) is 2.04. The first kappa shape index (κ1) is 12.0. The van der Waals surface area contributed by atoms with E-state index < -0.39 is 11.9 Å². The van der Waals surface area contributed by atoms with Crippen LogP contribution in [0.2, 0.25) is 0 Å². The van der Waals surface area contributed by atoms with Crippen molar-refractivity contribution in [2.24, 2.45) is 0 Å². The number of hydrogen-bond donors (Lipinski definition) is 2. The maximum atomic E-state index is 10.9. The van der Waals surface area contributed by atoms with Crippen molar-refractivity contribution in [3.05, 3.63) is 47.5 Å². The molecule has 0 aliphatic heterocycles. The number of benzene rings is 1. The first-order valence-corrected chi connectivity index (χ1v) is 4.77. The Balaban J connectivity index is 2.77. The van der Waals surface area contributed by atoms with Crippen molar-refractivity contribution in [1.82, 2.24) is 0 Å². The van der Waals surface area contributed by atoms with E-state index in [1.807, 2.05) is 18.2 Å². The number of aliphatic carboxylic acids is 2. The molecule has 1 rings (SSSR count). The highest BCUT2D eigenvalue weighted by molar-refractivity contribution is 5.88. The Kier molecular flexibility index (Phi) is 4.27. The van der Waals surface area contributed by atoms with Gasteiger partial charge in [0.2, 0.25) is 0 Å². The van der Waals surface area contributed by atoms with Crippen molar-refractivity contribution in [3.63, 3.8) is 0 Å². The molecular weight excluding hydrogens is 208 g/mol. The third kappa shape index (κ3) is 3.96. The van der Waals surface area contributed by atoms with Crippen LogP contribution < -0.4 is 0 Å². The fourth-order valence-electron chi connectivity index (χ4n) is 1.26. The normalized spacial score (nSPS) is 11.1. The molecule has 0 spiro atoms. The Bertz CT molecular complexity index is 406. The smallest absolute Gasteiger partial charge is 0.331 e. The zero-order valence-electron chi connectivity index (χ0n) is 8.59. The zero-order valence-corrected chi connectivity index (χ0v) is 8.59. The van der Waals surface area contributed by atoms with Gasteiger partial charge < -0.3 is 10.2 Å². The predicted molar refractivity (Wildman–Crippen MR) is 58.1 cm³/mol. The second kappa shape index (κ2) is 5.70. The minimum absolute atomic E-state index is 0.105. The van der Waals surface area contributed by atoms with Crippen LogP contribution in [0, 0.1) is 0 Å². The van der Waals surface area contributed by atoms with Crippen LogP contribution in [-0.4, -0.2) is 22.2 Å². The first-order chi connectivity index (χ1) is 7.59. The lowest BCUT2D eigenvalue weighted by Gasteiger charge is -2.02. The molecule has 1 aromatic rings. The van der Waals surface area contributed by atoms with Gasteiger partial charge in [0, 0.05) is 12.0 Å². The lowest BCUT2D eigenvalue weighted by Crippen LogP contribution is -2.05. The predicted octanol–water partition coefficient (Wildman–Crippen LogP) is 1.71. The fraction of sp³-hybridized carbons (Fsp3) is 0.167. The number of carbonyl (C=O) groups is 2. The topological polar surface area (TPSA) is 74.6 Å². The molecule has 0 unspecified atom stereocenters. The number of rotatable bonds is 5. The third-order valence-electron chi connectivity index (χ3n) is 2.04. The maximum absolute atomic E-state index is 10.9. The summed E-state index contributed by atoms with van der Waals surface area (Å²) in [7, 11) is 0. The molecule has 1 aromatic carbocycles. The minimum Gasteiger partial charge on any atom is -0.481 e. The van der Waals surface area contributed by atoms with Crippen molar-refractivity contribution in [2.75, 3.05) is 0 Å². The van der Waals surface area contributed by atoms with Gasteiger partial charge in [0.15, 0.2) is 0 Å². The molecule has 0 aliphatic rings. The Hall–Kier alpha value is -2.10. The molecule has 0 amide bonds. The monoisotopic (exact) mass is 220 g/mol. The average Bonchev–Trinajstić information content (AvgIpc) is 2.25. The summed E-state index contributed by atoms with van der Waals surface area (Å²) in [5.74, 6) is -2.11. The summed E-state index contributed by atoms with van der Waals surface area (Å²) < 4.78 is 0. The van der Waals surface area contributed by atoms with Gasteiger partial charge in [-0.3, -0.25) is 4.79 Å². The van der Waals surface area contributed by atoms with Gasteiger partial charge in [-0.15, -0.1) is 0 Å². The van der Waals surface area contributed by atoms with E-state index in [-0.39, 0.29) is 18.4 Å². The molecule has 0 bridgehead atoms. The highest BCUT2D eigenvalue weighted by atomic mass is 16.4. The SMILES string of the molecule is O=C(O)CC=C(Cc1ccccc1)C(=O)O. The highest BCUT2D eigenvalue weighted by Crippen LogP contribution is 2.09. The van der Waals surface area contributed by atoms with E-state index in [9.17, 15) is 9.59 Å². The van der Waals surface area contributed by atoms with E-state index in [0.717, 1.165) is 5.56 Å². The highest BCUT2D eigenvalue weighted by Gasteiger charge is 2.08. The van der Waals surface area contributed by atoms with Crippen LogP contribution in [0.5, 0.6) is 0 Å². The second-order valence-corrected chi connectivity index (χ2v) is 3.29. The van der Waals surface area contributed by atoms with Gasteiger partial charge in [-0.2, -0.15) is 0 Å². The van der Waals surface area contributed by atoms with Gasteiger partial charge in [-0.25, -0.2) is 4.79 Å². The lowest BCUT2D eigenvalue weighted by molar-refractivity contribution is -0.136. The standard InChI is InChI=1S/C12H12O4/c13-11(14)7-6-10(12(15)16)8-9-4-2-1-3-5-9/h1-6H,7-8H2,(H,13,14)(H,15,16). The van der Waals surface area contributed by atoms with Crippen LogP contribution >= 0.6 is 0 Å². The molecular formula is C12H12O4. The summed E-state index contributed by atoms with van der Waals surface area (Å²) >= 11 is 0. The molecule has 2 N–H and O–H groups in total. The molecule has 16 heavy (non-hydrogen) atoms. The molecule has 0 aromatic heterocycles. The van der Waals surface area contributed by atoms with Crippen LogP contribution in [0.15, 0.2) is 42.0 Å². The Morgan fingerprint density at radius 2 is 1.75 bits per heavy atom. The molecule has 0 aliphatic carbocycles. The molecule has 84 valence electrons. The molecule has 0 radical (unpaired) electrons. The number of carboxylic acids is 2. The summed E-state index contributed by atoms with van der Waals surface area (Å²) in [5.41, 5.74) is 0.954. The molecule has 0 saturated heterocycles. The van der Waals surface area contributed by atoms with Crippen LogP contribution in [0.25, 0.3) is 0 Å². The van der Waals surface area contributed by atoms with Crippen LogP contribution in [-0.2, 0) is 16.0 Å². The quantitative estimate of drug-likeness (QED) is 0.741. The van der Waals surface area contributed by atoms with Crippen LogP contribution in [0.4, 0.5) is 0 Å². The zero-order chi connectivity index (χ0) is 12.0. The molecule has 0 atom stereocenters. The van der Waals surface area contributed by atoms with E-state index in [1.165, 1.54) is 6.08 Å². The average molecular weight is 220 g/mol. The first-order valence-electron chi connectivity index (χ1n) is 4.77. The van der Waals surface area contributed by atoms with Gasteiger partial charge in [0.25, 0.3) is 0 Å². The molecule has 4 nitrogen and oxygen atoms in total. The van der Waals surface area contributed by atoms with Gasteiger partial charge in [0.05, 0.1) is 6.42 Å². The largest absolute Gasteiger partial charge is 0.481 e. The molecule has 0 fully saturated rings. The van der Waals surface area contributed by atoms with E-state index >= 15 is 0 Å². The summed E-state index contributed by atoms with van der Waals surface area (Å²) in [5, 5.41) is 17.4. The Labute approximate surface area is 92.8 Å². The van der Waals surface area contributed by atoms with Crippen LogP contribution in [0.3, 0.4) is 0 Å². The maximum Gasteiger partial charge on any atom is 0.331 e. The van der Waals surface area contributed by atoms with E-state index in [1.54, 1.807) is 12.1 Å². The summed E-state index contributed by atoms with van der Waals surface area (Å²) in [6.07, 6.45) is 1.20. The van der Waals surface area contributed by atoms with Crippen molar-refractivity contribution in [1.29, 1.82) is 0 Å². The van der Waals surface area contributed by atoms with Crippen molar-refractivity contribution in [3.8, 4) is 0 Å². The van der Waals surface area contributed by atoms with Gasteiger partial charge >= 0.3 is 11.9 Å². The summed E-state index contributed by atoms with van der Waals surface area (Å²) in [4.78, 5) is 21.2. The Morgan fingerprint density at radius 1 is 1.12 bits per heavy atom.